The van der Waals surface area contributed by atoms with Crippen LogP contribution in [0, 0.1) is 5.92 Å². The fourth-order valence-electron chi connectivity index (χ4n) is 2.29. The molecule has 0 unspecified atom stereocenters. The molecule has 1 amide bonds. The van der Waals surface area contributed by atoms with Gasteiger partial charge in [0.05, 0.1) is 6.61 Å². The monoisotopic (exact) mass is 504 g/mol. The summed E-state index contributed by atoms with van der Waals surface area (Å²) in [5.74, 6) is 1.98. The van der Waals surface area contributed by atoms with E-state index in [0.29, 0.717) is 11.9 Å². The molecule has 3 N–H and O–H groups in total. The molecule has 0 aliphatic carbocycles. The van der Waals surface area contributed by atoms with Gasteiger partial charge in [0.1, 0.15) is 12.3 Å². The highest BCUT2D eigenvalue weighted by Crippen LogP contribution is 2.13. The van der Waals surface area contributed by atoms with Gasteiger partial charge in [0.2, 0.25) is 5.91 Å². The summed E-state index contributed by atoms with van der Waals surface area (Å²) in [4.78, 5) is 16.3. The topological polar surface area (TPSA) is 74.8 Å². The summed E-state index contributed by atoms with van der Waals surface area (Å²) in [6.07, 6.45) is 0.864. The number of guanidine groups is 1. The van der Waals surface area contributed by atoms with Crippen molar-refractivity contribution in [1.29, 1.82) is 0 Å². The van der Waals surface area contributed by atoms with Crippen LogP contribution in [0.2, 0.25) is 0 Å². The van der Waals surface area contributed by atoms with Crippen LogP contribution in [0.3, 0.4) is 0 Å². The predicted molar refractivity (Wildman–Crippen MR) is 128 cm³/mol. The largest absolute Gasteiger partial charge is 0.493 e. The summed E-state index contributed by atoms with van der Waals surface area (Å²) in [6, 6.07) is 8.18. The molecular weight excluding hydrogens is 467 g/mol. The number of rotatable bonds is 9. The number of halogens is 1. The van der Waals surface area contributed by atoms with Gasteiger partial charge >= 0.3 is 0 Å². The van der Waals surface area contributed by atoms with Crippen molar-refractivity contribution < 1.29 is 9.53 Å². The van der Waals surface area contributed by atoms with Crippen LogP contribution in [0.4, 0.5) is 0 Å². The summed E-state index contributed by atoms with van der Waals surface area (Å²) in [7, 11) is 0. The van der Waals surface area contributed by atoms with E-state index in [1.54, 1.807) is 0 Å². The number of amides is 1. The van der Waals surface area contributed by atoms with Gasteiger partial charge in [-0.05, 0) is 57.7 Å². The quantitative estimate of drug-likeness (QED) is 0.274. The van der Waals surface area contributed by atoms with Gasteiger partial charge < -0.3 is 20.7 Å². The van der Waals surface area contributed by atoms with Gasteiger partial charge in [-0.25, -0.2) is 4.99 Å². The Balaban J connectivity index is 0.00000729. The Kier molecular flexibility index (Phi) is 12.9. The number of carbonyl (C=O) groups is 1. The van der Waals surface area contributed by atoms with Gasteiger partial charge in [-0.2, -0.15) is 0 Å². The molecule has 7 heteroatoms. The molecule has 6 nitrogen and oxygen atoms in total. The van der Waals surface area contributed by atoms with Crippen LogP contribution < -0.4 is 20.7 Å². The maximum Gasteiger partial charge on any atom is 0.242 e. The first-order chi connectivity index (χ1) is 12.7. The highest BCUT2D eigenvalue weighted by Gasteiger charge is 2.13. The first-order valence-electron chi connectivity index (χ1n) is 9.74. The first-order valence-corrected chi connectivity index (χ1v) is 9.74. The smallest absolute Gasteiger partial charge is 0.242 e. The van der Waals surface area contributed by atoms with Gasteiger partial charge in [-0.1, -0.05) is 26.0 Å². The molecule has 0 atom stereocenters. The van der Waals surface area contributed by atoms with E-state index in [1.807, 2.05) is 39.8 Å². The summed E-state index contributed by atoms with van der Waals surface area (Å²) in [5, 5.41) is 9.34. The molecule has 0 radical (unpaired) electrons. The lowest BCUT2D eigenvalue weighted by Crippen LogP contribution is -2.43. The maximum atomic E-state index is 11.9. The SMILES string of the molecule is CCNC(=NCC(=O)NC(C)(C)C)NCCc1ccc(OCC(C)C)cc1.I. The molecule has 0 bridgehead atoms. The molecule has 0 saturated heterocycles. The number of nitrogens with zero attached hydrogens (tertiary/aromatic N) is 1. The van der Waals surface area contributed by atoms with Gasteiger partial charge in [0.25, 0.3) is 0 Å². The predicted octanol–water partition coefficient (Wildman–Crippen LogP) is 3.35. The number of aliphatic imine (C=N–C) groups is 1. The number of benzene rings is 1. The van der Waals surface area contributed by atoms with Crippen LogP contribution in [0.15, 0.2) is 29.3 Å². The number of carbonyl (C=O) groups excluding carboxylic acids is 1. The van der Waals surface area contributed by atoms with Crippen molar-refractivity contribution >= 4 is 35.8 Å². The first kappa shape index (κ1) is 26.5. The van der Waals surface area contributed by atoms with E-state index in [0.717, 1.165) is 31.9 Å². The Labute approximate surface area is 187 Å². The second-order valence-electron chi connectivity index (χ2n) is 8.02. The van der Waals surface area contributed by atoms with Crippen molar-refractivity contribution in [2.24, 2.45) is 10.9 Å². The minimum Gasteiger partial charge on any atom is -0.493 e. The highest BCUT2D eigenvalue weighted by molar-refractivity contribution is 14.0. The van der Waals surface area contributed by atoms with Crippen LogP contribution in [0.5, 0.6) is 5.75 Å². The van der Waals surface area contributed by atoms with Crippen molar-refractivity contribution in [3.05, 3.63) is 29.8 Å². The second kappa shape index (κ2) is 13.6. The van der Waals surface area contributed by atoms with E-state index < -0.39 is 0 Å². The standard InChI is InChI=1S/C21H36N4O2.HI/c1-7-22-20(24-14-19(26)25-21(4,5)6)23-13-12-17-8-10-18(11-9-17)27-15-16(2)3;/h8-11,16H,7,12-15H2,1-6H3,(H,25,26)(H2,22,23,24);1H. The number of nitrogens with one attached hydrogen (secondary N) is 3. The second-order valence-corrected chi connectivity index (χ2v) is 8.02. The molecule has 28 heavy (non-hydrogen) atoms. The van der Waals surface area contributed by atoms with Crippen molar-refractivity contribution in [1.82, 2.24) is 16.0 Å². The third-order valence-corrected chi connectivity index (χ3v) is 3.45. The van der Waals surface area contributed by atoms with Gasteiger partial charge in [-0.3, -0.25) is 4.79 Å². The molecule has 0 saturated carbocycles. The van der Waals surface area contributed by atoms with Crippen LogP contribution in [0.1, 0.15) is 47.1 Å². The minimum absolute atomic E-state index is 0. The van der Waals surface area contributed by atoms with Crippen molar-refractivity contribution in [2.75, 3.05) is 26.2 Å². The van der Waals surface area contributed by atoms with Crippen LogP contribution in [0.25, 0.3) is 0 Å². The summed E-state index contributed by atoms with van der Waals surface area (Å²) >= 11 is 0. The third kappa shape index (κ3) is 12.8. The number of hydrogen-bond donors (Lipinski definition) is 3. The Hall–Kier alpha value is -1.51. The van der Waals surface area contributed by atoms with E-state index in [2.05, 4.69) is 46.9 Å². The fourth-order valence-corrected chi connectivity index (χ4v) is 2.29. The molecule has 0 aliphatic rings. The zero-order valence-electron chi connectivity index (χ0n) is 18.1. The lowest BCUT2D eigenvalue weighted by Gasteiger charge is -2.20. The molecule has 0 aromatic heterocycles. The molecule has 1 aromatic carbocycles. The van der Waals surface area contributed by atoms with Crippen molar-refractivity contribution in [2.45, 2.75) is 53.5 Å². The average molecular weight is 504 g/mol. The van der Waals surface area contributed by atoms with Gasteiger partial charge in [0.15, 0.2) is 5.96 Å². The third-order valence-electron chi connectivity index (χ3n) is 3.45. The van der Waals surface area contributed by atoms with Crippen molar-refractivity contribution in [3.63, 3.8) is 0 Å². The van der Waals surface area contributed by atoms with Gasteiger partial charge in [-0.15, -0.1) is 24.0 Å². The highest BCUT2D eigenvalue weighted by atomic mass is 127. The summed E-state index contributed by atoms with van der Waals surface area (Å²) in [6.45, 7) is 14.5. The van der Waals surface area contributed by atoms with E-state index >= 15 is 0 Å². The molecule has 0 fully saturated rings. The maximum absolute atomic E-state index is 11.9. The Bertz CT molecular complexity index is 595. The Morgan fingerprint density at radius 1 is 1.14 bits per heavy atom. The van der Waals surface area contributed by atoms with Gasteiger partial charge in [0, 0.05) is 18.6 Å². The Morgan fingerprint density at radius 3 is 2.32 bits per heavy atom. The van der Waals surface area contributed by atoms with E-state index in [-0.39, 0.29) is 42.0 Å². The minimum atomic E-state index is -0.247. The van der Waals surface area contributed by atoms with Crippen LogP contribution in [-0.2, 0) is 11.2 Å². The summed E-state index contributed by atoms with van der Waals surface area (Å²) < 4.78 is 5.70. The zero-order chi connectivity index (χ0) is 20.3. The summed E-state index contributed by atoms with van der Waals surface area (Å²) in [5.41, 5.74) is 0.976. The normalized spacial score (nSPS) is 11.6. The number of ether oxygens (including phenoxy) is 1. The molecule has 1 rings (SSSR count). The average Bonchev–Trinajstić information content (AvgIpc) is 2.57. The molecule has 160 valence electrons. The molecule has 1 aromatic rings. The Morgan fingerprint density at radius 2 is 1.79 bits per heavy atom. The molecule has 0 heterocycles. The zero-order valence-corrected chi connectivity index (χ0v) is 20.4. The molecule has 0 aliphatic heterocycles. The van der Waals surface area contributed by atoms with Crippen molar-refractivity contribution in [3.8, 4) is 5.75 Å². The van der Waals surface area contributed by atoms with E-state index in [1.165, 1.54) is 5.56 Å². The van der Waals surface area contributed by atoms with Crippen LogP contribution in [-0.4, -0.2) is 43.6 Å². The van der Waals surface area contributed by atoms with Crippen LogP contribution >= 0.6 is 24.0 Å². The number of hydrogen-bond acceptors (Lipinski definition) is 3. The van der Waals surface area contributed by atoms with E-state index in [4.69, 9.17) is 4.74 Å². The molecular formula is C21H37IN4O2. The fraction of sp³-hybridized carbons (Fsp3) is 0.619. The lowest BCUT2D eigenvalue weighted by atomic mass is 10.1. The lowest BCUT2D eigenvalue weighted by molar-refractivity contribution is -0.121. The van der Waals surface area contributed by atoms with E-state index in [9.17, 15) is 4.79 Å². The molecule has 0 spiro atoms.